The molecule has 0 saturated carbocycles. The minimum Gasteiger partial charge on any atom is -0.336 e. The van der Waals surface area contributed by atoms with Crippen molar-refractivity contribution in [3.8, 4) is 0 Å². The van der Waals surface area contributed by atoms with Crippen LogP contribution in [-0.4, -0.2) is 47.6 Å². The van der Waals surface area contributed by atoms with Gasteiger partial charge in [0.2, 0.25) is 0 Å². The van der Waals surface area contributed by atoms with Crippen molar-refractivity contribution in [2.24, 2.45) is 0 Å². The summed E-state index contributed by atoms with van der Waals surface area (Å²) >= 11 is 0. The Morgan fingerprint density at radius 3 is 2.67 bits per heavy atom. The minimum absolute atomic E-state index is 0.0865. The summed E-state index contributed by atoms with van der Waals surface area (Å²) < 4.78 is 25.7. The van der Waals surface area contributed by atoms with Crippen LogP contribution in [-0.2, 0) is 29.2 Å². The summed E-state index contributed by atoms with van der Waals surface area (Å²) in [4.78, 5) is 14.8. The van der Waals surface area contributed by atoms with Crippen LogP contribution in [0.2, 0.25) is 0 Å². The Labute approximate surface area is 160 Å². The number of hydrogen-bond acceptors (Lipinski definition) is 4. The lowest BCUT2D eigenvalue weighted by Crippen LogP contribution is -2.27. The monoisotopic (exact) mass is 387 g/mol. The lowest BCUT2D eigenvalue weighted by Gasteiger charge is -2.18. The average molecular weight is 388 g/mol. The molecule has 27 heavy (non-hydrogen) atoms. The molecule has 7 heteroatoms. The van der Waals surface area contributed by atoms with E-state index in [-0.39, 0.29) is 23.5 Å². The molecule has 1 aliphatic heterocycles. The number of rotatable bonds is 4. The van der Waals surface area contributed by atoms with E-state index in [1.807, 2.05) is 35.0 Å². The van der Waals surface area contributed by atoms with E-state index in [0.29, 0.717) is 18.7 Å². The summed E-state index contributed by atoms with van der Waals surface area (Å²) in [5, 5.41) is 4.66. The van der Waals surface area contributed by atoms with Gasteiger partial charge >= 0.3 is 0 Å². The molecular formula is C20H25N3O3S. The van der Waals surface area contributed by atoms with E-state index < -0.39 is 9.84 Å². The summed E-state index contributed by atoms with van der Waals surface area (Å²) in [7, 11) is -1.20. The zero-order valence-electron chi connectivity index (χ0n) is 15.6. The molecule has 1 saturated heterocycles. The van der Waals surface area contributed by atoms with Crippen molar-refractivity contribution in [2.75, 3.05) is 18.6 Å². The number of fused-ring (bicyclic) bond motifs is 1. The van der Waals surface area contributed by atoms with Gasteiger partial charge in [0.15, 0.2) is 15.5 Å². The van der Waals surface area contributed by atoms with Crippen LogP contribution >= 0.6 is 0 Å². The molecule has 1 amide bonds. The van der Waals surface area contributed by atoms with Gasteiger partial charge in [-0.3, -0.25) is 9.48 Å². The van der Waals surface area contributed by atoms with E-state index in [1.165, 1.54) is 0 Å². The van der Waals surface area contributed by atoms with Crippen LogP contribution in [0.5, 0.6) is 0 Å². The molecule has 1 unspecified atom stereocenters. The highest BCUT2D eigenvalue weighted by molar-refractivity contribution is 7.91. The zero-order chi connectivity index (χ0) is 19.0. The fourth-order valence-corrected chi connectivity index (χ4v) is 5.87. The highest BCUT2D eigenvalue weighted by atomic mass is 32.2. The number of aromatic nitrogens is 2. The molecule has 144 valence electrons. The van der Waals surface area contributed by atoms with Crippen molar-refractivity contribution in [1.82, 2.24) is 14.7 Å². The van der Waals surface area contributed by atoms with E-state index in [0.717, 1.165) is 42.5 Å². The Morgan fingerprint density at radius 1 is 1.22 bits per heavy atom. The number of sulfone groups is 1. The van der Waals surface area contributed by atoms with Crippen molar-refractivity contribution >= 4 is 15.7 Å². The molecule has 2 aliphatic rings. The highest BCUT2D eigenvalue weighted by Crippen LogP contribution is 2.31. The number of hydrogen-bond donors (Lipinski definition) is 0. The van der Waals surface area contributed by atoms with Gasteiger partial charge in [-0.25, -0.2) is 8.42 Å². The fourth-order valence-electron chi connectivity index (χ4n) is 4.18. The van der Waals surface area contributed by atoms with Gasteiger partial charge in [-0.2, -0.15) is 5.10 Å². The first-order valence-electron chi connectivity index (χ1n) is 9.55. The van der Waals surface area contributed by atoms with Crippen LogP contribution in [0.1, 0.15) is 52.6 Å². The van der Waals surface area contributed by atoms with Crippen molar-refractivity contribution < 1.29 is 13.2 Å². The van der Waals surface area contributed by atoms with Gasteiger partial charge in [0.05, 0.1) is 17.5 Å². The Morgan fingerprint density at radius 2 is 1.96 bits per heavy atom. The number of carbonyl (C=O) groups excluding carboxylic acids is 1. The maximum Gasteiger partial charge on any atom is 0.274 e. The Kier molecular flexibility index (Phi) is 4.80. The van der Waals surface area contributed by atoms with Crippen LogP contribution in [0.3, 0.4) is 0 Å². The van der Waals surface area contributed by atoms with Crippen molar-refractivity contribution in [3.05, 3.63) is 52.8 Å². The molecule has 1 fully saturated rings. The van der Waals surface area contributed by atoms with Gasteiger partial charge in [0.25, 0.3) is 5.91 Å². The predicted octanol–water partition coefficient (Wildman–Crippen LogP) is 2.39. The van der Waals surface area contributed by atoms with Gasteiger partial charge in [-0.05, 0) is 37.7 Å². The molecule has 2 aromatic rings. The molecule has 0 radical (unpaired) electrons. The van der Waals surface area contributed by atoms with E-state index in [9.17, 15) is 13.2 Å². The number of carbonyl (C=O) groups is 1. The molecular weight excluding hydrogens is 362 g/mol. The molecule has 0 bridgehead atoms. The Hall–Kier alpha value is -2.15. The van der Waals surface area contributed by atoms with E-state index in [2.05, 4.69) is 5.10 Å². The van der Waals surface area contributed by atoms with Crippen LogP contribution < -0.4 is 0 Å². The van der Waals surface area contributed by atoms with Gasteiger partial charge in [0.1, 0.15) is 0 Å². The minimum atomic E-state index is -2.99. The molecule has 1 aromatic carbocycles. The maximum atomic E-state index is 13.1. The van der Waals surface area contributed by atoms with Crippen LogP contribution in [0.25, 0.3) is 0 Å². The van der Waals surface area contributed by atoms with Crippen molar-refractivity contribution in [1.29, 1.82) is 0 Å². The predicted molar refractivity (Wildman–Crippen MR) is 103 cm³/mol. The van der Waals surface area contributed by atoms with Crippen LogP contribution in [0.15, 0.2) is 30.3 Å². The lowest BCUT2D eigenvalue weighted by molar-refractivity contribution is 0.0777. The van der Waals surface area contributed by atoms with Gasteiger partial charge < -0.3 is 4.90 Å². The quantitative estimate of drug-likeness (QED) is 0.808. The molecule has 0 N–H and O–H groups in total. The largest absolute Gasteiger partial charge is 0.336 e. The summed E-state index contributed by atoms with van der Waals surface area (Å²) in [6.07, 6.45) is 4.41. The SMILES string of the molecule is CN(Cc1ccccc1)C(=O)c1nn(C2CCS(=O)(=O)C2)c2c1CCCC2. The normalized spacial score (nSPS) is 21.0. The summed E-state index contributed by atoms with van der Waals surface area (Å²) in [6.45, 7) is 0.527. The smallest absolute Gasteiger partial charge is 0.274 e. The van der Waals surface area contributed by atoms with Gasteiger partial charge in [-0.15, -0.1) is 0 Å². The number of nitrogens with zero attached hydrogens (tertiary/aromatic N) is 3. The first-order valence-corrected chi connectivity index (χ1v) is 11.4. The Bertz CT molecular complexity index is 950. The molecule has 4 rings (SSSR count). The maximum absolute atomic E-state index is 13.1. The second-order valence-corrected chi connectivity index (χ2v) is 9.86. The van der Waals surface area contributed by atoms with Crippen LogP contribution in [0.4, 0.5) is 0 Å². The molecule has 1 aromatic heterocycles. The average Bonchev–Trinajstić information content (AvgIpc) is 3.22. The lowest BCUT2D eigenvalue weighted by atomic mass is 9.95. The van der Waals surface area contributed by atoms with E-state index in [1.54, 1.807) is 11.9 Å². The molecule has 0 spiro atoms. The third-order valence-electron chi connectivity index (χ3n) is 5.57. The summed E-state index contributed by atoms with van der Waals surface area (Å²) in [5.41, 5.74) is 3.67. The Balaban J connectivity index is 1.63. The standard InChI is InChI=1S/C20H25N3O3S/c1-22(13-15-7-3-2-4-8-15)20(24)19-17-9-5-6-10-18(17)23(21-19)16-11-12-27(25,26)14-16/h2-4,7-8,16H,5-6,9-14H2,1H3. The fraction of sp³-hybridized carbons (Fsp3) is 0.500. The summed E-state index contributed by atoms with van der Waals surface area (Å²) in [6, 6.07) is 9.75. The third kappa shape index (κ3) is 3.65. The van der Waals surface area contributed by atoms with Crippen molar-refractivity contribution in [2.45, 2.75) is 44.7 Å². The van der Waals surface area contributed by atoms with Crippen LogP contribution in [0, 0.1) is 0 Å². The number of benzene rings is 1. The third-order valence-corrected chi connectivity index (χ3v) is 7.33. The molecule has 1 atom stereocenters. The number of amides is 1. The second-order valence-electron chi connectivity index (χ2n) is 7.63. The van der Waals surface area contributed by atoms with E-state index in [4.69, 9.17) is 0 Å². The van der Waals surface area contributed by atoms with E-state index >= 15 is 0 Å². The summed E-state index contributed by atoms with van der Waals surface area (Å²) in [5.74, 6) is 0.259. The highest BCUT2D eigenvalue weighted by Gasteiger charge is 2.34. The molecule has 6 nitrogen and oxygen atoms in total. The second kappa shape index (κ2) is 7.11. The zero-order valence-corrected chi connectivity index (χ0v) is 16.4. The first kappa shape index (κ1) is 18.2. The molecule has 1 aliphatic carbocycles. The topological polar surface area (TPSA) is 72.3 Å². The first-order chi connectivity index (χ1) is 12.9. The van der Waals surface area contributed by atoms with Gasteiger partial charge in [-0.1, -0.05) is 30.3 Å². The molecule has 2 heterocycles. The van der Waals surface area contributed by atoms with Crippen molar-refractivity contribution in [3.63, 3.8) is 0 Å². The van der Waals surface area contributed by atoms with Gasteiger partial charge in [0, 0.05) is 24.8 Å².